The van der Waals surface area contributed by atoms with E-state index in [9.17, 15) is 0 Å². The molecule has 0 bridgehead atoms. The number of H-pyrrole nitrogens is 2. The number of fused-ring (bicyclic) bond motifs is 2. The van der Waals surface area contributed by atoms with Gasteiger partial charge in [0.2, 0.25) is 5.95 Å². The number of hydrogen-bond acceptors (Lipinski definition) is 5. The van der Waals surface area contributed by atoms with Crippen LogP contribution in [0.25, 0.3) is 21.9 Å². The molecule has 8 heteroatoms. The van der Waals surface area contributed by atoms with Gasteiger partial charge >= 0.3 is 0 Å². The molecule has 21 heavy (non-hydrogen) atoms. The van der Waals surface area contributed by atoms with E-state index >= 15 is 0 Å². The van der Waals surface area contributed by atoms with Crippen molar-refractivity contribution < 1.29 is 0 Å². The van der Waals surface area contributed by atoms with Gasteiger partial charge in [0, 0.05) is 17.3 Å². The van der Waals surface area contributed by atoms with Gasteiger partial charge in [0.1, 0.15) is 15.2 Å². The van der Waals surface area contributed by atoms with Crippen molar-refractivity contribution in [3.63, 3.8) is 0 Å². The Morgan fingerprint density at radius 2 is 2.05 bits per heavy atom. The third-order valence-corrected chi connectivity index (χ3v) is 4.03. The highest BCUT2D eigenvalue weighted by molar-refractivity contribution is 14.1. The summed E-state index contributed by atoms with van der Waals surface area (Å²) < 4.78 is 0.931. The first-order valence-corrected chi connectivity index (χ1v) is 7.30. The van der Waals surface area contributed by atoms with Crippen molar-refractivity contribution in [2.75, 3.05) is 11.1 Å². The van der Waals surface area contributed by atoms with E-state index in [1.807, 2.05) is 30.5 Å². The van der Waals surface area contributed by atoms with Gasteiger partial charge in [-0.1, -0.05) is 0 Å². The number of benzene rings is 1. The van der Waals surface area contributed by atoms with Crippen molar-refractivity contribution >= 4 is 62.0 Å². The predicted octanol–water partition coefficient (Wildman–Crippen LogP) is 2.76. The third kappa shape index (κ3) is 2.07. The molecular formula is C13H10IN7. The van der Waals surface area contributed by atoms with Gasteiger partial charge < -0.3 is 16.0 Å². The second kappa shape index (κ2) is 4.58. The molecule has 104 valence electrons. The normalized spacial score (nSPS) is 11.3. The molecule has 0 aliphatic carbocycles. The predicted molar refractivity (Wildman–Crippen MR) is 90.4 cm³/mol. The van der Waals surface area contributed by atoms with Crippen molar-refractivity contribution in [1.29, 1.82) is 0 Å². The van der Waals surface area contributed by atoms with Crippen LogP contribution < -0.4 is 11.1 Å². The van der Waals surface area contributed by atoms with E-state index in [2.05, 4.69) is 53.1 Å². The molecule has 7 nitrogen and oxygen atoms in total. The largest absolute Gasteiger partial charge is 0.368 e. The first-order valence-electron chi connectivity index (χ1n) is 6.22. The van der Waals surface area contributed by atoms with Gasteiger partial charge in [-0.3, -0.25) is 5.10 Å². The van der Waals surface area contributed by atoms with E-state index < -0.39 is 0 Å². The van der Waals surface area contributed by atoms with Crippen LogP contribution in [0, 0.1) is 3.70 Å². The minimum Gasteiger partial charge on any atom is -0.368 e. The highest BCUT2D eigenvalue weighted by Gasteiger charge is 2.09. The molecule has 0 amide bonds. The molecule has 0 radical (unpaired) electrons. The van der Waals surface area contributed by atoms with Crippen LogP contribution in [0.5, 0.6) is 0 Å². The molecule has 0 aliphatic heterocycles. The number of nitrogens with one attached hydrogen (secondary N) is 3. The van der Waals surface area contributed by atoms with Crippen LogP contribution in [0.1, 0.15) is 0 Å². The Balaban J connectivity index is 1.82. The van der Waals surface area contributed by atoms with Crippen molar-refractivity contribution in [3.8, 4) is 0 Å². The molecule has 0 spiro atoms. The molecule has 0 atom stereocenters. The fraction of sp³-hybridized carbons (Fsp3) is 0. The molecule has 0 unspecified atom stereocenters. The van der Waals surface area contributed by atoms with Crippen LogP contribution in [0.4, 0.5) is 17.5 Å². The van der Waals surface area contributed by atoms with Gasteiger partial charge in [-0.15, -0.1) is 0 Å². The zero-order valence-electron chi connectivity index (χ0n) is 10.7. The first-order chi connectivity index (χ1) is 10.2. The van der Waals surface area contributed by atoms with Crippen LogP contribution in [0.2, 0.25) is 0 Å². The minimum absolute atomic E-state index is 0.228. The summed E-state index contributed by atoms with van der Waals surface area (Å²) in [7, 11) is 0. The Morgan fingerprint density at radius 1 is 1.14 bits per heavy atom. The number of nitrogens with zero attached hydrogens (tertiary/aromatic N) is 3. The maximum atomic E-state index is 5.74. The van der Waals surface area contributed by atoms with Crippen LogP contribution in [0.15, 0.2) is 30.5 Å². The van der Waals surface area contributed by atoms with Crippen LogP contribution in [-0.4, -0.2) is 25.1 Å². The molecule has 0 saturated carbocycles. The maximum Gasteiger partial charge on any atom is 0.224 e. The van der Waals surface area contributed by atoms with Gasteiger partial charge in [-0.2, -0.15) is 15.1 Å². The smallest absolute Gasteiger partial charge is 0.224 e. The Labute approximate surface area is 132 Å². The second-order valence-corrected chi connectivity index (χ2v) is 5.59. The Morgan fingerprint density at radius 3 is 2.95 bits per heavy atom. The molecule has 5 N–H and O–H groups in total. The highest BCUT2D eigenvalue weighted by atomic mass is 127. The summed E-state index contributed by atoms with van der Waals surface area (Å²) in [6.45, 7) is 0. The summed E-state index contributed by atoms with van der Waals surface area (Å²) in [5, 5.41) is 12.4. The molecular weight excluding hydrogens is 381 g/mol. The summed E-state index contributed by atoms with van der Waals surface area (Å²) in [6.07, 6.45) is 1.81. The SMILES string of the molecule is Nc1nc(Nc2ccc3[nH]nc(I)c3c2)c2cc[nH]c2n1. The Bertz CT molecular complexity index is 956. The second-order valence-electron chi connectivity index (χ2n) is 4.57. The molecule has 4 rings (SSSR count). The standard InChI is InChI=1S/C13H10IN7/c14-10-8-5-6(1-2-9(8)20-21-10)17-12-7-3-4-16-11(7)18-13(15)19-12/h1-5H,(H,20,21)(H4,15,16,17,18,19). The van der Waals surface area contributed by atoms with Crippen molar-refractivity contribution in [3.05, 3.63) is 34.2 Å². The monoisotopic (exact) mass is 391 g/mol. The van der Waals surface area contributed by atoms with E-state index in [1.165, 1.54) is 0 Å². The Hall–Kier alpha value is -2.36. The lowest BCUT2D eigenvalue weighted by Gasteiger charge is -2.07. The van der Waals surface area contributed by atoms with E-state index in [0.29, 0.717) is 11.5 Å². The molecule has 4 aromatic rings. The van der Waals surface area contributed by atoms with Gasteiger partial charge in [0.05, 0.1) is 10.9 Å². The summed E-state index contributed by atoms with van der Waals surface area (Å²) in [5.74, 6) is 0.906. The zero-order chi connectivity index (χ0) is 14.4. The number of nitrogens with two attached hydrogens (primary N) is 1. The van der Waals surface area contributed by atoms with E-state index in [0.717, 1.165) is 25.7 Å². The van der Waals surface area contributed by atoms with Crippen LogP contribution >= 0.6 is 22.6 Å². The number of aromatic nitrogens is 5. The number of hydrogen-bond donors (Lipinski definition) is 4. The summed E-state index contributed by atoms with van der Waals surface area (Å²) in [5.41, 5.74) is 8.37. The number of halogens is 1. The molecule has 3 aromatic heterocycles. The van der Waals surface area contributed by atoms with E-state index in [1.54, 1.807) is 0 Å². The number of aromatic amines is 2. The van der Waals surface area contributed by atoms with Crippen molar-refractivity contribution in [2.24, 2.45) is 0 Å². The lowest BCUT2D eigenvalue weighted by molar-refractivity contribution is 1.09. The zero-order valence-corrected chi connectivity index (χ0v) is 12.8. The van der Waals surface area contributed by atoms with Crippen LogP contribution in [-0.2, 0) is 0 Å². The summed E-state index contributed by atoms with van der Waals surface area (Å²) in [4.78, 5) is 11.5. The average molecular weight is 391 g/mol. The number of anilines is 3. The quantitative estimate of drug-likeness (QED) is 0.393. The summed E-state index contributed by atoms with van der Waals surface area (Å²) in [6, 6.07) is 7.88. The third-order valence-electron chi connectivity index (χ3n) is 3.21. The number of rotatable bonds is 2. The van der Waals surface area contributed by atoms with Crippen molar-refractivity contribution in [1.82, 2.24) is 25.1 Å². The lowest BCUT2D eigenvalue weighted by atomic mass is 10.2. The van der Waals surface area contributed by atoms with Gasteiger partial charge in [0.15, 0.2) is 0 Å². The van der Waals surface area contributed by atoms with Crippen molar-refractivity contribution in [2.45, 2.75) is 0 Å². The molecule has 0 fully saturated rings. The molecule has 0 saturated heterocycles. The highest BCUT2D eigenvalue weighted by Crippen LogP contribution is 2.27. The lowest BCUT2D eigenvalue weighted by Crippen LogP contribution is -2.00. The van der Waals surface area contributed by atoms with E-state index in [-0.39, 0.29) is 5.95 Å². The topological polar surface area (TPSA) is 108 Å². The average Bonchev–Trinajstić information content (AvgIpc) is 3.06. The molecule has 0 aliphatic rings. The fourth-order valence-corrected chi connectivity index (χ4v) is 2.82. The van der Waals surface area contributed by atoms with E-state index in [4.69, 9.17) is 5.73 Å². The molecule has 1 aromatic carbocycles. The number of nitrogen functional groups attached to an aromatic ring is 1. The first kappa shape index (κ1) is 12.4. The van der Waals surface area contributed by atoms with Crippen LogP contribution in [0.3, 0.4) is 0 Å². The fourth-order valence-electron chi connectivity index (χ4n) is 2.25. The Kier molecular flexibility index (Phi) is 2.70. The summed E-state index contributed by atoms with van der Waals surface area (Å²) >= 11 is 2.20. The van der Waals surface area contributed by atoms with Gasteiger partial charge in [-0.25, -0.2) is 0 Å². The van der Waals surface area contributed by atoms with Gasteiger partial charge in [0.25, 0.3) is 0 Å². The molecule has 3 heterocycles. The minimum atomic E-state index is 0.228. The maximum absolute atomic E-state index is 5.74. The van der Waals surface area contributed by atoms with Gasteiger partial charge in [-0.05, 0) is 46.9 Å².